The first kappa shape index (κ1) is 23.3. The van der Waals surface area contributed by atoms with Gasteiger partial charge in [0.25, 0.3) is 0 Å². The van der Waals surface area contributed by atoms with Gasteiger partial charge < -0.3 is 20.3 Å². The van der Waals surface area contributed by atoms with E-state index >= 15 is 0 Å². The molecule has 0 atom stereocenters. The third-order valence-electron chi connectivity index (χ3n) is 4.53. The Morgan fingerprint density at radius 2 is 2.03 bits per heavy atom. The lowest BCUT2D eigenvalue weighted by Gasteiger charge is -2.29. The summed E-state index contributed by atoms with van der Waals surface area (Å²) in [6, 6.07) is 10.7. The van der Waals surface area contributed by atoms with Gasteiger partial charge in [-0.25, -0.2) is 14.4 Å². The van der Waals surface area contributed by atoms with E-state index in [1.165, 1.54) is 6.07 Å². The van der Waals surface area contributed by atoms with E-state index in [2.05, 4.69) is 26.6 Å². The fourth-order valence-electron chi connectivity index (χ4n) is 3.14. The highest BCUT2D eigenvalue weighted by Crippen LogP contribution is 2.19. The van der Waals surface area contributed by atoms with Gasteiger partial charge in [0.15, 0.2) is 5.96 Å². The van der Waals surface area contributed by atoms with E-state index in [1.54, 1.807) is 12.1 Å². The van der Waals surface area contributed by atoms with Crippen molar-refractivity contribution in [1.29, 1.82) is 0 Å². The molecule has 0 bridgehead atoms. The maximum atomic E-state index is 13.3. The Bertz CT molecular complexity index is 783. The molecule has 158 valence electrons. The molecular weight excluding hydrogens is 484 g/mol. The van der Waals surface area contributed by atoms with Crippen LogP contribution in [0.4, 0.5) is 10.2 Å². The molecule has 29 heavy (non-hydrogen) atoms. The summed E-state index contributed by atoms with van der Waals surface area (Å²) in [5.74, 6) is 1.52. The van der Waals surface area contributed by atoms with E-state index in [1.807, 2.05) is 25.3 Å². The zero-order valence-electron chi connectivity index (χ0n) is 16.7. The van der Waals surface area contributed by atoms with E-state index in [9.17, 15) is 4.39 Å². The highest BCUT2D eigenvalue weighted by atomic mass is 127. The third kappa shape index (κ3) is 7.43. The lowest BCUT2D eigenvalue weighted by molar-refractivity contribution is 0.122. The van der Waals surface area contributed by atoms with Crippen molar-refractivity contribution in [2.45, 2.75) is 19.9 Å². The summed E-state index contributed by atoms with van der Waals surface area (Å²) in [4.78, 5) is 11.5. The second-order valence-electron chi connectivity index (χ2n) is 6.59. The second-order valence-corrected chi connectivity index (χ2v) is 6.59. The summed E-state index contributed by atoms with van der Waals surface area (Å²) in [6.07, 6.45) is 2.55. The predicted octanol–water partition coefficient (Wildman–Crippen LogP) is 2.97. The Hall–Kier alpha value is -1.94. The summed E-state index contributed by atoms with van der Waals surface area (Å²) in [5, 5.41) is 6.58. The van der Waals surface area contributed by atoms with Crippen molar-refractivity contribution in [1.82, 2.24) is 15.6 Å². The first-order chi connectivity index (χ1) is 13.8. The number of nitrogens with one attached hydrogen (secondary N) is 2. The van der Waals surface area contributed by atoms with E-state index in [-0.39, 0.29) is 29.8 Å². The number of ether oxygens (including phenoxy) is 1. The van der Waals surface area contributed by atoms with E-state index in [4.69, 9.17) is 9.73 Å². The Labute approximate surface area is 189 Å². The van der Waals surface area contributed by atoms with Crippen LogP contribution in [0.1, 0.15) is 18.1 Å². The molecule has 0 saturated carbocycles. The largest absolute Gasteiger partial charge is 0.378 e. The fourth-order valence-corrected chi connectivity index (χ4v) is 3.14. The highest BCUT2D eigenvalue weighted by molar-refractivity contribution is 14.0. The number of benzene rings is 1. The predicted molar refractivity (Wildman–Crippen MR) is 126 cm³/mol. The zero-order valence-corrected chi connectivity index (χ0v) is 19.1. The lowest BCUT2D eigenvalue weighted by atomic mass is 10.1. The number of hydrogen-bond donors (Lipinski definition) is 2. The molecule has 1 aliphatic heterocycles. The summed E-state index contributed by atoms with van der Waals surface area (Å²) in [6.45, 7) is 7.17. The molecule has 1 fully saturated rings. The van der Waals surface area contributed by atoms with Crippen molar-refractivity contribution in [2.75, 3.05) is 44.3 Å². The number of rotatable bonds is 7. The van der Waals surface area contributed by atoms with Crippen LogP contribution in [0.15, 0.2) is 47.6 Å². The molecule has 0 unspecified atom stereocenters. The Balaban J connectivity index is 0.00000300. The van der Waals surface area contributed by atoms with Gasteiger partial charge in [0.1, 0.15) is 11.6 Å². The normalized spacial score (nSPS) is 14.3. The molecule has 8 heteroatoms. The maximum Gasteiger partial charge on any atom is 0.191 e. The van der Waals surface area contributed by atoms with Gasteiger partial charge >= 0.3 is 0 Å². The summed E-state index contributed by atoms with van der Waals surface area (Å²) in [5.41, 5.74) is 2.05. The monoisotopic (exact) mass is 513 g/mol. The van der Waals surface area contributed by atoms with Crippen LogP contribution in [0.2, 0.25) is 0 Å². The number of morpholine rings is 1. The van der Waals surface area contributed by atoms with Crippen molar-refractivity contribution >= 4 is 35.8 Å². The van der Waals surface area contributed by atoms with Gasteiger partial charge in [0.2, 0.25) is 0 Å². The molecule has 0 radical (unpaired) electrons. The molecule has 2 aromatic rings. The SMILES string of the molecule is CCNC(=NCc1cccnc1N1CCOCC1)NCCc1cccc(F)c1.I. The smallest absolute Gasteiger partial charge is 0.191 e. The molecule has 0 amide bonds. The van der Waals surface area contributed by atoms with Crippen LogP contribution in [0.25, 0.3) is 0 Å². The van der Waals surface area contributed by atoms with Crippen LogP contribution in [0.5, 0.6) is 0 Å². The molecule has 1 aromatic heterocycles. The average Bonchev–Trinajstić information content (AvgIpc) is 2.73. The molecule has 2 heterocycles. The summed E-state index contributed by atoms with van der Waals surface area (Å²) in [7, 11) is 0. The number of aliphatic imine (C=N–C) groups is 1. The number of nitrogens with zero attached hydrogens (tertiary/aromatic N) is 3. The van der Waals surface area contributed by atoms with Crippen molar-refractivity contribution in [2.24, 2.45) is 4.99 Å². The summed E-state index contributed by atoms with van der Waals surface area (Å²) >= 11 is 0. The van der Waals surface area contributed by atoms with Gasteiger partial charge in [-0.2, -0.15) is 0 Å². The second kappa shape index (κ2) is 12.6. The van der Waals surface area contributed by atoms with E-state index in [0.717, 1.165) is 62.2 Å². The van der Waals surface area contributed by atoms with Crippen LogP contribution in [0, 0.1) is 5.82 Å². The Morgan fingerprint density at radius 1 is 1.21 bits per heavy atom. The standard InChI is InChI=1S/C21H28FN5O.HI/c1-2-23-21(25-10-8-17-5-3-7-19(22)15-17)26-16-18-6-4-9-24-20(18)27-11-13-28-14-12-27;/h3-7,9,15H,2,8,10-14,16H2,1H3,(H2,23,25,26);1H. The minimum Gasteiger partial charge on any atom is -0.378 e. The highest BCUT2D eigenvalue weighted by Gasteiger charge is 2.15. The van der Waals surface area contributed by atoms with Crippen molar-refractivity contribution in [3.63, 3.8) is 0 Å². The molecule has 6 nitrogen and oxygen atoms in total. The fraction of sp³-hybridized carbons (Fsp3) is 0.429. The summed E-state index contributed by atoms with van der Waals surface area (Å²) < 4.78 is 18.7. The lowest BCUT2D eigenvalue weighted by Crippen LogP contribution is -2.38. The Morgan fingerprint density at radius 3 is 2.79 bits per heavy atom. The minimum absolute atomic E-state index is 0. The van der Waals surface area contributed by atoms with E-state index in [0.29, 0.717) is 13.1 Å². The number of halogens is 2. The molecule has 1 aromatic carbocycles. The van der Waals surface area contributed by atoms with Gasteiger partial charge in [-0.3, -0.25) is 0 Å². The molecular formula is C21H29FIN5O. The van der Waals surface area contributed by atoms with Crippen LogP contribution >= 0.6 is 24.0 Å². The van der Waals surface area contributed by atoms with Gasteiger partial charge in [-0.15, -0.1) is 24.0 Å². The number of guanidine groups is 1. The van der Waals surface area contributed by atoms with Crippen LogP contribution in [-0.2, 0) is 17.7 Å². The number of hydrogen-bond acceptors (Lipinski definition) is 4. The van der Waals surface area contributed by atoms with E-state index < -0.39 is 0 Å². The average molecular weight is 513 g/mol. The number of anilines is 1. The maximum absolute atomic E-state index is 13.3. The molecule has 3 rings (SSSR count). The minimum atomic E-state index is -0.203. The number of aromatic nitrogens is 1. The molecule has 0 aliphatic carbocycles. The molecule has 1 aliphatic rings. The van der Waals surface area contributed by atoms with Crippen molar-refractivity contribution in [3.05, 3.63) is 59.5 Å². The quantitative estimate of drug-likeness (QED) is 0.339. The van der Waals surface area contributed by atoms with Crippen LogP contribution in [0.3, 0.4) is 0 Å². The molecule has 2 N–H and O–H groups in total. The first-order valence-corrected chi connectivity index (χ1v) is 9.79. The van der Waals surface area contributed by atoms with Gasteiger partial charge in [-0.05, 0) is 37.1 Å². The van der Waals surface area contributed by atoms with Gasteiger partial charge in [-0.1, -0.05) is 18.2 Å². The molecule has 0 spiro atoms. The van der Waals surface area contributed by atoms with Gasteiger partial charge in [0, 0.05) is 37.9 Å². The van der Waals surface area contributed by atoms with Crippen molar-refractivity contribution < 1.29 is 9.13 Å². The van der Waals surface area contributed by atoms with Crippen LogP contribution < -0.4 is 15.5 Å². The van der Waals surface area contributed by atoms with Crippen LogP contribution in [-0.4, -0.2) is 50.3 Å². The van der Waals surface area contributed by atoms with Crippen molar-refractivity contribution in [3.8, 4) is 0 Å². The number of pyridine rings is 1. The molecule has 1 saturated heterocycles. The van der Waals surface area contributed by atoms with Gasteiger partial charge in [0.05, 0.1) is 19.8 Å². The Kier molecular flexibility index (Phi) is 10.1. The third-order valence-corrected chi connectivity index (χ3v) is 4.53. The first-order valence-electron chi connectivity index (χ1n) is 9.79. The zero-order chi connectivity index (χ0) is 19.6. The topological polar surface area (TPSA) is 61.8 Å².